The van der Waals surface area contributed by atoms with E-state index in [-0.39, 0.29) is 0 Å². The summed E-state index contributed by atoms with van der Waals surface area (Å²) in [5, 5.41) is 12.3. The molecule has 1 N–H and O–H groups in total. The first-order chi connectivity index (χ1) is 11.6. The van der Waals surface area contributed by atoms with Crippen LogP contribution in [0.1, 0.15) is 5.56 Å². The van der Waals surface area contributed by atoms with Gasteiger partial charge in [-0.15, -0.1) is 0 Å². The topological polar surface area (TPSA) is 55.2 Å². The van der Waals surface area contributed by atoms with E-state index in [4.69, 9.17) is 40.2 Å². The van der Waals surface area contributed by atoms with Gasteiger partial charge in [-0.25, -0.2) is 5.10 Å². The van der Waals surface area contributed by atoms with Crippen molar-refractivity contribution in [3.05, 3.63) is 62.8 Å². The third-order valence-electron chi connectivity index (χ3n) is 3.28. The molecular weight excluding hydrogens is 367 g/mol. The molecule has 5 nitrogen and oxygen atoms in total. The molecule has 0 radical (unpaired) electrons. The number of aromatic nitrogens is 3. The molecule has 0 aliphatic heterocycles. The van der Waals surface area contributed by atoms with Gasteiger partial charge >= 0.3 is 0 Å². The molecule has 122 valence electrons. The fourth-order valence-electron chi connectivity index (χ4n) is 2.10. The third-order valence-corrected chi connectivity index (χ3v) is 4.20. The summed E-state index contributed by atoms with van der Waals surface area (Å²) in [6.07, 6.45) is 1.56. The minimum Gasteiger partial charge on any atom is -0.497 e. The molecule has 0 aliphatic carbocycles. The molecule has 0 saturated carbocycles. The van der Waals surface area contributed by atoms with Gasteiger partial charge in [-0.2, -0.15) is 14.9 Å². The van der Waals surface area contributed by atoms with Crippen LogP contribution in [-0.2, 0) is 0 Å². The van der Waals surface area contributed by atoms with Crippen LogP contribution in [0.4, 0.5) is 0 Å². The molecule has 3 rings (SSSR count). The standard InChI is InChI=1S/C16H12Cl2N4OS/c1-23-11-5-2-4-10(8-11)15-20-21-16(24)22(15)19-9-12-13(17)6-3-7-14(12)18/h2-9H,1H3,(H,21,24)/b19-9+. The van der Waals surface area contributed by atoms with Gasteiger partial charge in [0.1, 0.15) is 5.75 Å². The quantitative estimate of drug-likeness (QED) is 0.523. The molecule has 0 fully saturated rings. The lowest BCUT2D eigenvalue weighted by Crippen LogP contribution is -1.96. The van der Waals surface area contributed by atoms with Crippen LogP contribution in [0.5, 0.6) is 5.75 Å². The summed E-state index contributed by atoms with van der Waals surface area (Å²) in [7, 11) is 1.60. The van der Waals surface area contributed by atoms with Crippen LogP contribution in [0.25, 0.3) is 11.4 Å². The molecule has 0 unspecified atom stereocenters. The number of methoxy groups -OCH3 is 1. The maximum absolute atomic E-state index is 6.15. The predicted octanol–water partition coefficient (Wildman–Crippen LogP) is 4.81. The third kappa shape index (κ3) is 3.36. The minimum absolute atomic E-state index is 0.354. The lowest BCUT2D eigenvalue weighted by molar-refractivity contribution is 0.415. The Kier molecular flexibility index (Phi) is 4.99. The number of nitrogens with one attached hydrogen (secondary N) is 1. The van der Waals surface area contributed by atoms with Crippen molar-refractivity contribution in [1.29, 1.82) is 0 Å². The molecule has 1 heterocycles. The van der Waals surface area contributed by atoms with E-state index < -0.39 is 0 Å². The average Bonchev–Trinajstić information content (AvgIpc) is 2.95. The minimum atomic E-state index is 0.354. The van der Waals surface area contributed by atoms with E-state index in [0.717, 1.165) is 5.56 Å². The molecule has 24 heavy (non-hydrogen) atoms. The zero-order valence-electron chi connectivity index (χ0n) is 12.5. The van der Waals surface area contributed by atoms with Crippen molar-refractivity contribution in [1.82, 2.24) is 14.9 Å². The number of rotatable bonds is 4. The number of aromatic amines is 1. The molecule has 2 aromatic carbocycles. The second-order valence-corrected chi connectivity index (χ2v) is 5.98. The number of ether oxygens (including phenoxy) is 1. The number of hydrogen-bond acceptors (Lipinski definition) is 4. The van der Waals surface area contributed by atoms with Gasteiger partial charge in [0.2, 0.25) is 4.77 Å². The van der Waals surface area contributed by atoms with Crippen LogP contribution in [0.3, 0.4) is 0 Å². The summed E-state index contributed by atoms with van der Waals surface area (Å²) in [5.74, 6) is 1.27. The van der Waals surface area contributed by atoms with E-state index in [1.165, 1.54) is 4.68 Å². The Morgan fingerprint density at radius 3 is 2.62 bits per heavy atom. The molecule has 0 bridgehead atoms. The van der Waals surface area contributed by atoms with Gasteiger partial charge < -0.3 is 4.74 Å². The summed E-state index contributed by atoms with van der Waals surface area (Å²) in [5.41, 5.74) is 1.42. The molecule has 0 atom stereocenters. The van der Waals surface area contributed by atoms with E-state index in [9.17, 15) is 0 Å². The molecule has 3 aromatic rings. The molecule has 8 heteroatoms. The normalized spacial score (nSPS) is 11.1. The number of H-pyrrole nitrogens is 1. The van der Waals surface area contributed by atoms with Crippen LogP contribution in [0.15, 0.2) is 47.6 Å². The second-order valence-electron chi connectivity index (χ2n) is 4.78. The smallest absolute Gasteiger partial charge is 0.216 e. The first-order valence-corrected chi connectivity index (χ1v) is 8.07. The van der Waals surface area contributed by atoms with Crippen molar-refractivity contribution < 1.29 is 4.74 Å². The van der Waals surface area contributed by atoms with Crippen molar-refractivity contribution in [3.63, 3.8) is 0 Å². The van der Waals surface area contributed by atoms with Crippen LogP contribution < -0.4 is 4.74 Å². The number of halogens is 2. The zero-order valence-corrected chi connectivity index (χ0v) is 14.9. The molecule has 0 saturated heterocycles. The van der Waals surface area contributed by atoms with Gasteiger partial charge in [-0.3, -0.25) is 0 Å². The van der Waals surface area contributed by atoms with Gasteiger partial charge in [0, 0.05) is 11.1 Å². The van der Waals surface area contributed by atoms with Gasteiger partial charge in [0.25, 0.3) is 0 Å². The Labute approximate surface area is 153 Å². The first kappa shape index (κ1) is 16.7. The van der Waals surface area contributed by atoms with E-state index >= 15 is 0 Å². The Morgan fingerprint density at radius 2 is 1.92 bits per heavy atom. The summed E-state index contributed by atoms with van der Waals surface area (Å²) in [4.78, 5) is 0. The second kappa shape index (κ2) is 7.17. The summed E-state index contributed by atoms with van der Waals surface area (Å²) >= 11 is 17.6. The first-order valence-electron chi connectivity index (χ1n) is 6.90. The van der Waals surface area contributed by atoms with Gasteiger partial charge in [0.05, 0.1) is 23.4 Å². The van der Waals surface area contributed by atoms with Crippen molar-refractivity contribution >= 4 is 41.6 Å². The Hall–Kier alpha value is -2.15. The Morgan fingerprint density at radius 1 is 1.21 bits per heavy atom. The van der Waals surface area contributed by atoms with Gasteiger partial charge in [0.15, 0.2) is 5.82 Å². The molecule has 0 aliphatic rings. The van der Waals surface area contributed by atoms with E-state index in [0.29, 0.717) is 32.0 Å². The van der Waals surface area contributed by atoms with Gasteiger partial charge in [-0.05, 0) is 36.5 Å². The molecular formula is C16H12Cl2N4OS. The molecule has 1 aromatic heterocycles. The lowest BCUT2D eigenvalue weighted by atomic mass is 10.2. The maximum atomic E-state index is 6.15. The van der Waals surface area contributed by atoms with Crippen LogP contribution in [0, 0.1) is 4.77 Å². The molecule has 0 amide bonds. The van der Waals surface area contributed by atoms with Crippen LogP contribution in [0.2, 0.25) is 10.0 Å². The Balaban J connectivity index is 2.05. The number of benzene rings is 2. The molecule has 0 spiro atoms. The monoisotopic (exact) mass is 378 g/mol. The summed E-state index contributed by atoms with van der Waals surface area (Å²) in [6, 6.07) is 12.7. The summed E-state index contributed by atoms with van der Waals surface area (Å²) < 4.78 is 7.09. The van der Waals surface area contributed by atoms with Crippen LogP contribution in [-0.4, -0.2) is 28.2 Å². The van der Waals surface area contributed by atoms with Crippen molar-refractivity contribution in [2.45, 2.75) is 0 Å². The highest BCUT2D eigenvalue weighted by molar-refractivity contribution is 7.71. The lowest BCUT2D eigenvalue weighted by Gasteiger charge is -2.04. The van der Waals surface area contributed by atoms with Crippen LogP contribution >= 0.6 is 35.4 Å². The van der Waals surface area contributed by atoms with E-state index in [2.05, 4.69) is 15.3 Å². The van der Waals surface area contributed by atoms with Crippen molar-refractivity contribution in [2.75, 3.05) is 7.11 Å². The number of hydrogen-bond donors (Lipinski definition) is 1. The SMILES string of the molecule is COc1cccc(-c2n[nH]c(=S)n2/N=C/c2c(Cl)cccc2Cl)c1. The van der Waals surface area contributed by atoms with E-state index in [1.54, 1.807) is 31.5 Å². The zero-order chi connectivity index (χ0) is 17.1. The van der Waals surface area contributed by atoms with E-state index in [1.807, 2.05) is 24.3 Å². The Bertz CT molecular complexity index is 944. The average molecular weight is 379 g/mol. The fraction of sp³-hybridized carbons (Fsp3) is 0.0625. The maximum Gasteiger partial charge on any atom is 0.216 e. The number of nitrogens with zero attached hydrogens (tertiary/aromatic N) is 3. The highest BCUT2D eigenvalue weighted by atomic mass is 35.5. The van der Waals surface area contributed by atoms with Gasteiger partial charge in [-0.1, -0.05) is 41.4 Å². The highest BCUT2D eigenvalue weighted by Crippen LogP contribution is 2.24. The van der Waals surface area contributed by atoms with Crippen molar-refractivity contribution in [2.24, 2.45) is 5.10 Å². The summed E-state index contributed by atoms with van der Waals surface area (Å²) in [6.45, 7) is 0. The fourth-order valence-corrected chi connectivity index (χ4v) is 2.77. The predicted molar refractivity (Wildman–Crippen MR) is 98.9 cm³/mol. The van der Waals surface area contributed by atoms with Crippen molar-refractivity contribution in [3.8, 4) is 17.1 Å². The highest BCUT2D eigenvalue weighted by Gasteiger charge is 2.10. The largest absolute Gasteiger partial charge is 0.497 e.